The average molecular weight is 360 g/mol. The summed E-state index contributed by atoms with van der Waals surface area (Å²) in [6.07, 6.45) is 3.52. The first kappa shape index (κ1) is 17.3. The molecule has 0 amide bonds. The molecule has 25 heavy (non-hydrogen) atoms. The van der Waals surface area contributed by atoms with Crippen molar-refractivity contribution in [1.29, 1.82) is 0 Å². The van der Waals surface area contributed by atoms with Crippen LogP contribution in [0.1, 0.15) is 5.56 Å². The molecule has 0 aliphatic carbocycles. The highest BCUT2D eigenvalue weighted by molar-refractivity contribution is 7.80. The van der Waals surface area contributed by atoms with Crippen molar-refractivity contribution >= 4 is 29.1 Å². The molecule has 1 fully saturated rings. The van der Waals surface area contributed by atoms with Crippen LogP contribution in [-0.4, -0.2) is 53.5 Å². The molecule has 3 rings (SSSR count). The van der Waals surface area contributed by atoms with Gasteiger partial charge in [0.15, 0.2) is 5.11 Å². The van der Waals surface area contributed by atoms with E-state index in [-0.39, 0.29) is 0 Å². The normalized spacial score (nSPS) is 14.0. The molecular weight excluding hydrogens is 340 g/mol. The quantitative estimate of drug-likeness (QED) is 0.764. The van der Waals surface area contributed by atoms with Crippen LogP contribution >= 0.6 is 12.2 Å². The lowest BCUT2D eigenvalue weighted by molar-refractivity contribution is 0.122. The number of anilines is 2. The van der Waals surface area contributed by atoms with E-state index in [0.29, 0.717) is 36.7 Å². The minimum atomic E-state index is 0.393. The molecule has 0 unspecified atom stereocenters. The van der Waals surface area contributed by atoms with E-state index in [9.17, 15) is 0 Å². The summed E-state index contributed by atoms with van der Waals surface area (Å²) in [5.74, 6) is 1.66. The van der Waals surface area contributed by atoms with Crippen LogP contribution in [-0.2, 0) is 11.3 Å². The summed E-state index contributed by atoms with van der Waals surface area (Å²) in [6.45, 7) is 3.49. The van der Waals surface area contributed by atoms with Gasteiger partial charge in [0.25, 0.3) is 0 Å². The predicted octanol–water partition coefficient (Wildman–Crippen LogP) is 1.20. The number of pyridine rings is 1. The maximum absolute atomic E-state index is 5.38. The van der Waals surface area contributed by atoms with Gasteiger partial charge in [-0.2, -0.15) is 9.97 Å². The molecule has 1 aliphatic heterocycles. The largest absolute Gasteiger partial charge is 0.481 e. The lowest BCUT2D eigenvalue weighted by atomic mass is 10.3. The second-order valence-corrected chi connectivity index (χ2v) is 5.77. The number of nitrogens with zero attached hydrogens (tertiary/aromatic N) is 4. The SMILES string of the molecule is COc1cc(N2CCOCC2)nc(NC(=S)NCc2cccnc2)n1. The average Bonchev–Trinajstić information content (AvgIpc) is 2.67. The van der Waals surface area contributed by atoms with E-state index < -0.39 is 0 Å². The molecule has 8 nitrogen and oxygen atoms in total. The molecule has 0 atom stereocenters. The Balaban J connectivity index is 1.65. The van der Waals surface area contributed by atoms with Gasteiger partial charge in [-0.1, -0.05) is 6.07 Å². The van der Waals surface area contributed by atoms with Gasteiger partial charge in [-0.25, -0.2) is 0 Å². The smallest absolute Gasteiger partial charge is 0.234 e. The van der Waals surface area contributed by atoms with Gasteiger partial charge in [-0.05, 0) is 23.8 Å². The van der Waals surface area contributed by atoms with E-state index in [4.69, 9.17) is 21.7 Å². The number of rotatable bonds is 5. The number of hydrogen-bond donors (Lipinski definition) is 2. The van der Waals surface area contributed by atoms with Crippen LogP contribution in [0.2, 0.25) is 0 Å². The first-order valence-corrected chi connectivity index (χ1v) is 8.35. The fourth-order valence-corrected chi connectivity index (χ4v) is 2.52. The topological polar surface area (TPSA) is 84.4 Å². The molecule has 9 heteroatoms. The zero-order valence-corrected chi connectivity index (χ0v) is 14.8. The molecule has 2 N–H and O–H groups in total. The Morgan fingerprint density at radius 3 is 2.92 bits per heavy atom. The third-order valence-electron chi connectivity index (χ3n) is 3.63. The van der Waals surface area contributed by atoms with Crippen LogP contribution < -0.4 is 20.3 Å². The van der Waals surface area contributed by atoms with Crippen molar-refractivity contribution < 1.29 is 9.47 Å². The highest BCUT2D eigenvalue weighted by Crippen LogP contribution is 2.20. The maximum Gasteiger partial charge on any atom is 0.234 e. The van der Waals surface area contributed by atoms with Crippen molar-refractivity contribution in [2.75, 3.05) is 43.6 Å². The Morgan fingerprint density at radius 2 is 2.20 bits per heavy atom. The number of morpholine rings is 1. The van der Waals surface area contributed by atoms with Crippen molar-refractivity contribution in [3.05, 3.63) is 36.2 Å². The van der Waals surface area contributed by atoms with Gasteiger partial charge in [-0.3, -0.25) is 4.98 Å². The van der Waals surface area contributed by atoms with Crippen LogP contribution in [0.15, 0.2) is 30.6 Å². The van der Waals surface area contributed by atoms with Gasteiger partial charge in [-0.15, -0.1) is 0 Å². The molecule has 0 saturated carbocycles. The second-order valence-electron chi connectivity index (χ2n) is 5.36. The third kappa shape index (κ3) is 4.97. The zero-order chi connectivity index (χ0) is 17.5. The van der Waals surface area contributed by atoms with E-state index in [0.717, 1.165) is 24.5 Å². The van der Waals surface area contributed by atoms with Crippen LogP contribution in [0.3, 0.4) is 0 Å². The first-order valence-electron chi connectivity index (χ1n) is 7.94. The molecular formula is C16H20N6O2S. The molecule has 2 aromatic heterocycles. The van der Waals surface area contributed by atoms with E-state index in [1.807, 2.05) is 18.2 Å². The third-order valence-corrected chi connectivity index (χ3v) is 3.88. The van der Waals surface area contributed by atoms with E-state index in [1.165, 1.54) is 0 Å². The molecule has 0 bridgehead atoms. The molecule has 3 heterocycles. The minimum absolute atomic E-state index is 0.393. The fourth-order valence-electron chi connectivity index (χ4n) is 2.36. The van der Waals surface area contributed by atoms with Crippen LogP contribution in [0, 0.1) is 0 Å². The zero-order valence-electron chi connectivity index (χ0n) is 13.9. The summed E-state index contributed by atoms with van der Waals surface area (Å²) in [6, 6.07) is 5.66. The van der Waals surface area contributed by atoms with Crippen molar-refractivity contribution in [3.63, 3.8) is 0 Å². The summed E-state index contributed by atoms with van der Waals surface area (Å²) >= 11 is 5.32. The van der Waals surface area contributed by atoms with Crippen molar-refractivity contribution in [1.82, 2.24) is 20.3 Å². The number of nitrogens with one attached hydrogen (secondary N) is 2. The summed E-state index contributed by atoms with van der Waals surface area (Å²) in [7, 11) is 1.58. The summed E-state index contributed by atoms with van der Waals surface area (Å²) in [5, 5.41) is 6.55. The first-order chi connectivity index (χ1) is 12.2. The molecule has 0 aromatic carbocycles. The Bertz CT molecular complexity index is 709. The minimum Gasteiger partial charge on any atom is -0.481 e. The van der Waals surface area contributed by atoms with Gasteiger partial charge in [0.2, 0.25) is 11.8 Å². The van der Waals surface area contributed by atoms with Gasteiger partial charge in [0.1, 0.15) is 5.82 Å². The summed E-state index contributed by atoms with van der Waals surface area (Å²) < 4.78 is 10.7. The van der Waals surface area contributed by atoms with Crippen molar-refractivity contribution in [3.8, 4) is 5.88 Å². The van der Waals surface area contributed by atoms with E-state index in [1.54, 1.807) is 19.5 Å². The summed E-state index contributed by atoms with van der Waals surface area (Å²) in [4.78, 5) is 15.0. The Labute approximate surface area is 151 Å². The number of thiocarbonyl (C=S) groups is 1. The number of ether oxygens (including phenoxy) is 2. The molecule has 0 radical (unpaired) electrons. The maximum atomic E-state index is 5.38. The predicted molar refractivity (Wildman–Crippen MR) is 98.9 cm³/mol. The lowest BCUT2D eigenvalue weighted by Gasteiger charge is -2.28. The number of hydrogen-bond acceptors (Lipinski definition) is 7. The monoisotopic (exact) mass is 360 g/mol. The highest BCUT2D eigenvalue weighted by Gasteiger charge is 2.15. The Hall–Kier alpha value is -2.52. The van der Waals surface area contributed by atoms with Gasteiger partial charge in [0.05, 0.1) is 20.3 Å². The molecule has 1 saturated heterocycles. The van der Waals surface area contributed by atoms with Gasteiger partial charge in [0, 0.05) is 38.1 Å². The standard InChI is InChI=1S/C16H20N6O2S/c1-23-14-9-13(22-5-7-24-8-6-22)19-15(20-14)21-16(25)18-11-12-3-2-4-17-10-12/h2-4,9-10H,5-8,11H2,1H3,(H2,18,19,20,21,25). The van der Waals surface area contributed by atoms with Crippen LogP contribution in [0.25, 0.3) is 0 Å². The fraction of sp³-hybridized carbons (Fsp3) is 0.375. The second kappa shape index (κ2) is 8.54. The Kier molecular flexibility index (Phi) is 5.91. The van der Waals surface area contributed by atoms with E-state index >= 15 is 0 Å². The molecule has 2 aromatic rings. The highest BCUT2D eigenvalue weighted by atomic mass is 32.1. The summed E-state index contributed by atoms with van der Waals surface area (Å²) in [5.41, 5.74) is 1.03. The van der Waals surface area contributed by atoms with Gasteiger partial charge < -0.3 is 25.0 Å². The lowest BCUT2D eigenvalue weighted by Crippen LogP contribution is -2.37. The molecule has 1 aliphatic rings. The van der Waals surface area contributed by atoms with Crippen LogP contribution in [0.5, 0.6) is 5.88 Å². The van der Waals surface area contributed by atoms with E-state index in [2.05, 4.69) is 30.5 Å². The van der Waals surface area contributed by atoms with Gasteiger partial charge >= 0.3 is 0 Å². The number of methoxy groups -OCH3 is 1. The molecule has 0 spiro atoms. The van der Waals surface area contributed by atoms with Crippen molar-refractivity contribution in [2.45, 2.75) is 6.54 Å². The molecule has 132 valence electrons. The van der Waals surface area contributed by atoms with Crippen LogP contribution in [0.4, 0.5) is 11.8 Å². The number of aromatic nitrogens is 3. The van der Waals surface area contributed by atoms with Crippen molar-refractivity contribution in [2.24, 2.45) is 0 Å². The Morgan fingerprint density at radius 1 is 1.36 bits per heavy atom.